The molecule has 110 valence electrons. The first-order chi connectivity index (χ1) is 10.2. The second kappa shape index (κ2) is 6.05. The van der Waals surface area contributed by atoms with E-state index in [-0.39, 0.29) is 5.82 Å². The summed E-state index contributed by atoms with van der Waals surface area (Å²) >= 11 is 0. The zero-order valence-electron chi connectivity index (χ0n) is 11.8. The minimum absolute atomic E-state index is 0.255. The highest BCUT2D eigenvalue weighted by Gasteiger charge is 2.15. The van der Waals surface area contributed by atoms with Crippen LogP contribution in [-0.2, 0) is 4.74 Å². The van der Waals surface area contributed by atoms with E-state index in [1.165, 1.54) is 6.07 Å². The largest absolute Gasteiger partial charge is 0.378 e. The van der Waals surface area contributed by atoms with Gasteiger partial charge in [0.25, 0.3) is 0 Å². The topological polar surface area (TPSA) is 50.3 Å². The van der Waals surface area contributed by atoms with Crippen LogP contribution in [0.15, 0.2) is 30.5 Å². The van der Waals surface area contributed by atoms with Crippen LogP contribution in [0.25, 0.3) is 0 Å². The standard InChI is InChI=1S/C15H17FN4O/c1-11-4-5-17-15(18-11)19-12-2-3-14(13(16)10-12)20-6-8-21-9-7-20/h2-5,10H,6-9H2,1H3,(H,17,18,19). The van der Waals surface area contributed by atoms with E-state index in [4.69, 9.17) is 4.74 Å². The maximum atomic E-state index is 14.3. The summed E-state index contributed by atoms with van der Waals surface area (Å²) in [5, 5.41) is 3.01. The van der Waals surface area contributed by atoms with E-state index in [1.807, 2.05) is 24.0 Å². The van der Waals surface area contributed by atoms with Crippen molar-refractivity contribution >= 4 is 17.3 Å². The Morgan fingerprint density at radius 3 is 2.76 bits per heavy atom. The molecule has 0 radical (unpaired) electrons. The zero-order valence-corrected chi connectivity index (χ0v) is 11.8. The summed E-state index contributed by atoms with van der Waals surface area (Å²) in [6, 6.07) is 6.89. The lowest BCUT2D eigenvalue weighted by Gasteiger charge is -2.29. The van der Waals surface area contributed by atoms with Crippen molar-refractivity contribution in [3.8, 4) is 0 Å². The molecule has 0 saturated carbocycles. The Kier molecular flexibility index (Phi) is 3.96. The lowest BCUT2D eigenvalue weighted by atomic mass is 10.2. The van der Waals surface area contributed by atoms with E-state index in [1.54, 1.807) is 12.3 Å². The van der Waals surface area contributed by atoms with Crippen molar-refractivity contribution < 1.29 is 9.13 Å². The summed E-state index contributed by atoms with van der Waals surface area (Å²) in [4.78, 5) is 10.3. The van der Waals surface area contributed by atoms with Gasteiger partial charge in [-0.2, -0.15) is 0 Å². The Morgan fingerprint density at radius 2 is 2.05 bits per heavy atom. The number of nitrogens with one attached hydrogen (secondary N) is 1. The molecule has 1 N–H and O–H groups in total. The maximum Gasteiger partial charge on any atom is 0.227 e. The van der Waals surface area contributed by atoms with Crippen LogP contribution in [0.4, 0.5) is 21.7 Å². The van der Waals surface area contributed by atoms with Crippen LogP contribution in [0.3, 0.4) is 0 Å². The van der Waals surface area contributed by atoms with E-state index in [0.717, 1.165) is 5.69 Å². The fourth-order valence-electron chi connectivity index (χ4n) is 2.28. The normalized spacial score (nSPS) is 15.0. The zero-order chi connectivity index (χ0) is 14.7. The number of hydrogen-bond donors (Lipinski definition) is 1. The van der Waals surface area contributed by atoms with Crippen LogP contribution < -0.4 is 10.2 Å². The van der Waals surface area contributed by atoms with E-state index in [9.17, 15) is 4.39 Å². The predicted octanol–water partition coefficient (Wildman–Crippen LogP) is 2.50. The molecule has 21 heavy (non-hydrogen) atoms. The third-order valence-corrected chi connectivity index (χ3v) is 3.35. The van der Waals surface area contributed by atoms with Crippen molar-refractivity contribution in [1.29, 1.82) is 0 Å². The van der Waals surface area contributed by atoms with Gasteiger partial charge < -0.3 is 15.0 Å². The molecule has 0 amide bonds. The Balaban J connectivity index is 1.77. The number of anilines is 3. The summed E-state index contributed by atoms with van der Waals surface area (Å²) in [7, 11) is 0. The lowest BCUT2D eigenvalue weighted by Crippen LogP contribution is -2.36. The number of rotatable bonds is 3. The molecule has 0 unspecified atom stereocenters. The number of benzene rings is 1. The molecule has 2 aromatic rings. The summed E-state index contributed by atoms with van der Waals surface area (Å²) < 4.78 is 19.5. The molecule has 0 bridgehead atoms. The molecule has 1 fully saturated rings. The molecule has 1 saturated heterocycles. The highest BCUT2D eigenvalue weighted by molar-refractivity contribution is 5.60. The van der Waals surface area contributed by atoms with Gasteiger partial charge >= 0.3 is 0 Å². The molecular formula is C15H17FN4O. The Morgan fingerprint density at radius 1 is 1.24 bits per heavy atom. The smallest absolute Gasteiger partial charge is 0.227 e. The number of aryl methyl sites for hydroxylation is 1. The van der Waals surface area contributed by atoms with Crippen molar-refractivity contribution in [2.24, 2.45) is 0 Å². The van der Waals surface area contributed by atoms with Gasteiger partial charge in [-0.1, -0.05) is 0 Å². The molecule has 0 aliphatic carbocycles. The molecule has 0 spiro atoms. The highest BCUT2D eigenvalue weighted by Crippen LogP contribution is 2.24. The minimum atomic E-state index is -0.255. The van der Waals surface area contributed by atoms with Crippen LogP contribution in [-0.4, -0.2) is 36.3 Å². The molecule has 0 atom stereocenters. The van der Waals surface area contributed by atoms with Crippen LogP contribution in [0.1, 0.15) is 5.69 Å². The summed E-state index contributed by atoms with van der Waals surface area (Å²) in [5.74, 6) is 0.211. The molecule has 3 rings (SSSR count). The second-order valence-corrected chi connectivity index (χ2v) is 4.91. The lowest BCUT2D eigenvalue weighted by molar-refractivity contribution is 0.122. The van der Waals surface area contributed by atoms with E-state index in [2.05, 4.69) is 15.3 Å². The van der Waals surface area contributed by atoms with Gasteiger partial charge in [0, 0.05) is 30.7 Å². The Hall–Kier alpha value is -2.21. The van der Waals surface area contributed by atoms with Gasteiger partial charge in [-0.3, -0.25) is 0 Å². The van der Waals surface area contributed by atoms with Gasteiger partial charge in [0.15, 0.2) is 0 Å². The van der Waals surface area contributed by atoms with Gasteiger partial charge in [-0.25, -0.2) is 14.4 Å². The molecule has 2 heterocycles. The summed E-state index contributed by atoms with van der Waals surface area (Å²) in [6.45, 7) is 4.58. The van der Waals surface area contributed by atoms with Crippen LogP contribution in [0.2, 0.25) is 0 Å². The fourth-order valence-corrected chi connectivity index (χ4v) is 2.28. The maximum absolute atomic E-state index is 14.3. The molecule has 6 heteroatoms. The molecule has 5 nitrogen and oxygen atoms in total. The van der Waals surface area contributed by atoms with Crippen LogP contribution in [0, 0.1) is 12.7 Å². The SMILES string of the molecule is Cc1ccnc(Nc2ccc(N3CCOCC3)c(F)c2)n1. The van der Waals surface area contributed by atoms with Crippen molar-refractivity contribution in [1.82, 2.24) is 9.97 Å². The predicted molar refractivity (Wildman–Crippen MR) is 79.5 cm³/mol. The molecule has 1 aliphatic heterocycles. The number of aromatic nitrogens is 2. The quantitative estimate of drug-likeness (QED) is 0.940. The molecule has 1 aliphatic rings. The number of ether oxygens (including phenoxy) is 1. The Labute approximate surface area is 122 Å². The third-order valence-electron chi connectivity index (χ3n) is 3.35. The van der Waals surface area contributed by atoms with Crippen molar-refractivity contribution in [3.63, 3.8) is 0 Å². The van der Waals surface area contributed by atoms with Crippen LogP contribution in [0.5, 0.6) is 0 Å². The van der Waals surface area contributed by atoms with Crippen molar-refractivity contribution in [3.05, 3.63) is 42.0 Å². The van der Waals surface area contributed by atoms with Crippen LogP contribution >= 0.6 is 0 Å². The minimum Gasteiger partial charge on any atom is -0.378 e. The van der Waals surface area contributed by atoms with Gasteiger partial charge in [0.05, 0.1) is 18.9 Å². The number of halogens is 1. The molecule has 1 aromatic carbocycles. The van der Waals surface area contributed by atoms with Gasteiger partial charge in [-0.15, -0.1) is 0 Å². The van der Waals surface area contributed by atoms with Gasteiger partial charge in [0.1, 0.15) is 5.82 Å². The Bertz CT molecular complexity index is 629. The first-order valence-corrected chi connectivity index (χ1v) is 6.91. The summed E-state index contributed by atoms with van der Waals surface area (Å²) in [6.07, 6.45) is 1.67. The van der Waals surface area contributed by atoms with Crippen molar-refractivity contribution in [2.75, 3.05) is 36.5 Å². The average molecular weight is 288 g/mol. The molecular weight excluding hydrogens is 271 g/mol. The average Bonchev–Trinajstić information content (AvgIpc) is 2.48. The van der Waals surface area contributed by atoms with Gasteiger partial charge in [0.2, 0.25) is 5.95 Å². The summed E-state index contributed by atoms with van der Waals surface area (Å²) in [5.41, 5.74) is 2.10. The second-order valence-electron chi connectivity index (χ2n) is 4.91. The number of morpholine rings is 1. The monoisotopic (exact) mass is 288 g/mol. The first-order valence-electron chi connectivity index (χ1n) is 6.91. The van der Waals surface area contributed by atoms with E-state index in [0.29, 0.717) is 43.6 Å². The fraction of sp³-hybridized carbons (Fsp3) is 0.333. The van der Waals surface area contributed by atoms with E-state index >= 15 is 0 Å². The third kappa shape index (κ3) is 3.28. The number of hydrogen-bond acceptors (Lipinski definition) is 5. The van der Waals surface area contributed by atoms with E-state index < -0.39 is 0 Å². The first kappa shape index (κ1) is 13.8. The van der Waals surface area contributed by atoms with Gasteiger partial charge in [-0.05, 0) is 31.2 Å². The molecule has 1 aromatic heterocycles. The van der Waals surface area contributed by atoms with Crippen molar-refractivity contribution in [2.45, 2.75) is 6.92 Å². The number of nitrogens with zero attached hydrogens (tertiary/aromatic N) is 3. The highest BCUT2D eigenvalue weighted by atomic mass is 19.1.